The molecule has 4 fully saturated rings. The van der Waals surface area contributed by atoms with Gasteiger partial charge in [-0.2, -0.15) is 0 Å². The molecule has 0 bridgehead atoms. The molecule has 2 nitrogen and oxygen atoms in total. The molecule has 0 amide bonds. The molecule has 0 aromatic carbocycles. The molecule has 3 saturated carbocycles. The summed E-state index contributed by atoms with van der Waals surface area (Å²) < 4.78 is 0. The van der Waals surface area contributed by atoms with E-state index >= 15 is 0 Å². The van der Waals surface area contributed by atoms with Crippen molar-refractivity contribution in [1.29, 1.82) is 0 Å². The van der Waals surface area contributed by atoms with Crippen molar-refractivity contribution in [2.24, 2.45) is 29.6 Å². The molecule has 1 saturated heterocycles. The SMILES string of the molecule is CCC(CC)(CC)N[Si](C)(C)C1C2CCCCC2C2C3CC(C)CCC3N(C)C21. The van der Waals surface area contributed by atoms with E-state index in [-0.39, 0.29) is 0 Å². The van der Waals surface area contributed by atoms with Crippen molar-refractivity contribution in [3.63, 3.8) is 0 Å². The van der Waals surface area contributed by atoms with Crippen molar-refractivity contribution in [3.05, 3.63) is 0 Å². The van der Waals surface area contributed by atoms with Crippen molar-refractivity contribution in [2.45, 2.75) is 128 Å². The highest BCUT2D eigenvalue weighted by atomic mass is 28.3. The molecule has 0 aromatic rings. The largest absolute Gasteiger partial charge is 0.332 e. The van der Waals surface area contributed by atoms with Gasteiger partial charge in [0.2, 0.25) is 0 Å². The summed E-state index contributed by atoms with van der Waals surface area (Å²) in [6.07, 6.45) is 14.4. The molecule has 0 radical (unpaired) electrons. The Morgan fingerprint density at radius 2 is 1.52 bits per heavy atom. The Morgan fingerprint density at radius 3 is 2.14 bits per heavy atom. The second kappa shape index (κ2) is 8.24. The number of nitrogens with one attached hydrogen (secondary N) is 1. The van der Waals surface area contributed by atoms with E-state index in [1.807, 2.05) is 0 Å². The first-order chi connectivity index (χ1) is 13.8. The van der Waals surface area contributed by atoms with Gasteiger partial charge < -0.3 is 4.98 Å². The van der Waals surface area contributed by atoms with Crippen molar-refractivity contribution in [1.82, 2.24) is 9.88 Å². The third kappa shape index (κ3) is 3.59. The molecular formula is C26H50N2Si. The molecule has 3 heteroatoms. The van der Waals surface area contributed by atoms with Crippen LogP contribution in [0.1, 0.15) is 91.9 Å². The predicted molar refractivity (Wildman–Crippen MR) is 129 cm³/mol. The van der Waals surface area contributed by atoms with Crippen molar-refractivity contribution < 1.29 is 0 Å². The van der Waals surface area contributed by atoms with Gasteiger partial charge in [0.05, 0.1) is 0 Å². The van der Waals surface area contributed by atoms with Gasteiger partial charge in [0.25, 0.3) is 0 Å². The van der Waals surface area contributed by atoms with Gasteiger partial charge in [0.15, 0.2) is 0 Å². The summed E-state index contributed by atoms with van der Waals surface area (Å²) in [7, 11) is 0.964. The van der Waals surface area contributed by atoms with Crippen LogP contribution in [0.4, 0.5) is 0 Å². The Labute approximate surface area is 183 Å². The lowest BCUT2D eigenvalue weighted by Gasteiger charge is -2.48. The Balaban J connectivity index is 1.68. The fraction of sp³-hybridized carbons (Fsp3) is 1.00. The first-order valence-electron chi connectivity index (χ1n) is 13.3. The normalized spacial score (nSPS) is 43.1. The van der Waals surface area contributed by atoms with E-state index in [2.05, 4.69) is 57.7 Å². The first-order valence-corrected chi connectivity index (χ1v) is 16.4. The maximum absolute atomic E-state index is 4.47. The van der Waals surface area contributed by atoms with E-state index in [9.17, 15) is 0 Å². The van der Waals surface area contributed by atoms with Gasteiger partial charge in [-0.1, -0.05) is 60.1 Å². The van der Waals surface area contributed by atoms with Crippen LogP contribution in [0.25, 0.3) is 0 Å². The van der Waals surface area contributed by atoms with E-state index < -0.39 is 8.24 Å². The summed E-state index contributed by atoms with van der Waals surface area (Å²) in [5.41, 5.74) is 1.32. The van der Waals surface area contributed by atoms with Gasteiger partial charge in [-0.3, -0.25) is 4.90 Å². The molecule has 0 aromatic heterocycles. The molecule has 1 heterocycles. The summed E-state index contributed by atoms with van der Waals surface area (Å²) >= 11 is 0. The molecule has 8 unspecified atom stereocenters. The van der Waals surface area contributed by atoms with E-state index in [1.165, 1.54) is 57.8 Å². The van der Waals surface area contributed by atoms with Crippen LogP contribution < -0.4 is 4.98 Å². The summed E-state index contributed by atoms with van der Waals surface area (Å²) in [6, 6.07) is 1.77. The lowest BCUT2D eigenvalue weighted by Crippen LogP contribution is -2.63. The van der Waals surface area contributed by atoms with Gasteiger partial charge in [-0.05, 0) is 87.1 Å². The van der Waals surface area contributed by atoms with Crippen LogP contribution in [0.3, 0.4) is 0 Å². The molecule has 29 heavy (non-hydrogen) atoms. The molecule has 168 valence electrons. The average Bonchev–Trinajstić information content (AvgIpc) is 3.20. The van der Waals surface area contributed by atoms with Gasteiger partial charge >= 0.3 is 0 Å². The van der Waals surface area contributed by atoms with Gasteiger partial charge in [-0.15, -0.1) is 0 Å². The summed E-state index contributed by atoms with van der Waals surface area (Å²) in [5.74, 6) is 5.02. The number of hydrogen-bond acceptors (Lipinski definition) is 2. The fourth-order valence-corrected chi connectivity index (χ4v) is 14.1. The van der Waals surface area contributed by atoms with Gasteiger partial charge in [0.1, 0.15) is 8.24 Å². The molecule has 1 N–H and O–H groups in total. The smallest absolute Gasteiger partial charge is 0.124 e. The van der Waals surface area contributed by atoms with Gasteiger partial charge in [-0.25, -0.2) is 0 Å². The van der Waals surface area contributed by atoms with Gasteiger partial charge in [0, 0.05) is 17.6 Å². The second-order valence-electron chi connectivity index (χ2n) is 12.2. The number of rotatable bonds is 6. The minimum Gasteiger partial charge on any atom is -0.332 e. The molecule has 4 rings (SSSR count). The lowest BCUT2D eigenvalue weighted by atomic mass is 9.68. The van der Waals surface area contributed by atoms with E-state index in [4.69, 9.17) is 0 Å². The topological polar surface area (TPSA) is 15.3 Å². The molecule has 4 aliphatic rings. The molecule has 0 spiro atoms. The van der Waals surface area contributed by atoms with Crippen LogP contribution in [0, 0.1) is 29.6 Å². The molecule has 3 aliphatic carbocycles. The minimum atomic E-state index is -1.58. The number of fused-ring (bicyclic) bond motifs is 5. The monoisotopic (exact) mass is 418 g/mol. The first kappa shape index (κ1) is 22.3. The average molecular weight is 419 g/mol. The Hall–Kier alpha value is 0.137. The van der Waals surface area contributed by atoms with Crippen LogP contribution in [-0.2, 0) is 0 Å². The maximum Gasteiger partial charge on any atom is 0.124 e. The van der Waals surface area contributed by atoms with Crippen LogP contribution in [0.15, 0.2) is 0 Å². The van der Waals surface area contributed by atoms with Crippen LogP contribution >= 0.6 is 0 Å². The van der Waals surface area contributed by atoms with E-state index in [0.29, 0.717) is 5.54 Å². The zero-order chi connectivity index (χ0) is 21.0. The fourth-order valence-electron chi connectivity index (χ4n) is 9.25. The summed E-state index contributed by atoms with van der Waals surface area (Å²) in [5, 5.41) is 0. The molecular weight excluding hydrogens is 368 g/mol. The lowest BCUT2D eigenvalue weighted by molar-refractivity contribution is 0.116. The Bertz CT molecular complexity index is 563. The predicted octanol–water partition coefficient (Wildman–Crippen LogP) is 6.68. The van der Waals surface area contributed by atoms with E-state index in [1.54, 1.807) is 6.42 Å². The standard InChI is InChI=1S/C26H50N2Si/c1-8-26(9-2,10-3)27-29(6,7)25-20-14-12-11-13-19(20)23-21-17-18(4)15-16-22(21)28(5)24(23)25/h18-25,27H,8-17H2,1-7H3. The summed E-state index contributed by atoms with van der Waals surface area (Å²) in [6.45, 7) is 15.2. The van der Waals surface area contributed by atoms with Crippen molar-refractivity contribution in [2.75, 3.05) is 7.05 Å². The third-order valence-corrected chi connectivity index (χ3v) is 14.3. The zero-order valence-electron chi connectivity index (χ0n) is 20.6. The third-order valence-electron chi connectivity index (χ3n) is 10.7. The molecule has 8 atom stereocenters. The summed E-state index contributed by atoms with van der Waals surface area (Å²) in [4.78, 5) is 7.43. The van der Waals surface area contributed by atoms with Crippen LogP contribution in [0.2, 0.25) is 18.6 Å². The highest BCUT2D eigenvalue weighted by Crippen LogP contribution is 2.64. The maximum atomic E-state index is 4.47. The minimum absolute atomic E-state index is 0.371. The number of nitrogens with zero attached hydrogens (tertiary/aromatic N) is 1. The van der Waals surface area contributed by atoms with Crippen LogP contribution in [-0.4, -0.2) is 37.8 Å². The second-order valence-corrected chi connectivity index (χ2v) is 16.6. The highest BCUT2D eigenvalue weighted by Gasteiger charge is 2.64. The Kier molecular flexibility index (Phi) is 6.35. The Morgan fingerprint density at radius 1 is 0.897 bits per heavy atom. The zero-order valence-corrected chi connectivity index (χ0v) is 21.6. The number of hydrogen-bond donors (Lipinski definition) is 1. The van der Waals surface area contributed by atoms with E-state index in [0.717, 1.165) is 47.2 Å². The van der Waals surface area contributed by atoms with Crippen molar-refractivity contribution in [3.8, 4) is 0 Å². The van der Waals surface area contributed by atoms with Crippen molar-refractivity contribution >= 4 is 8.24 Å². The number of likely N-dealkylation sites (tertiary alicyclic amines) is 1. The van der Waals surface area contributed by atoms with Crippen LogP contribution in [0.5, 0.6) is 0 Å². The molecule has 1 aliphatic heterocycles. The highest BCUT2D eigenvalue weighted by molar-refractivity contribution is 6.77. The quantitative estimate of drug-likeness (QED) is 0.484.